The maximum atomic E-state index is 13.9. The second-order valence-electron chi connectivity index (χ2n) is 4.24. The summed E-state index contributed by atoms with van der Waals surface area (Å²) in [4.78, 5) is 13.7. The van der Waals surface area contributed by atoms with Crippen molar-refractivity contribution in [3.8, 4) is 0 Å². The van der Waals surface area contributed by atoms with Gasteiger partial charge < -0.3 is 9.32 Å². The third-order valence-corrected chi connectivity index (χ3v) is 2.91. The number of rotatable bonds is 3. The summed E-state index contributed by atoms with van der Waals surface area (Å²) in [5.41, 5.74) is 0.435. The van der Waals surface area contributed by atoms with Crippen molar-refractivity contribution in [1.29, 1.82) is 0 Å². The van der Waals surface area contributed by atoms with Gasteiger partial charge in [0.1, 0.15) is 11.4 Å². The number of nitrogens with one attached hydrogen (secondary N) is 1. The van der Waals surface area contributed by atoms with Crippen LogP contribution in [-0.4, -0.2) is 38.5 Å². The highest BCUT2D eigenvalue weighted by Crippen LogP contribution is 2.24. The van der Waals surface area contributed by atoms with E-state index in [1.54, 1.807) is 6.07 Å². The molecule has 0 atom stereocenters. The number of H-pyrrole nitrogens is 1. The van der Waals surface area contributed by atoms with Gasteiger partial charge in [0.05, 0.1) is 18.4 Å². The molecule has 2 heterocycles. The summed E-state index contributed by atoms with van der Waals surface area (Å²) in [6.07, 6.45) is 1.42. The number of fused-ring (bicyclic) bond motifs is 1. The number of carbonyl (C=O) groups is 1. The zero-order chi connectivity index (χ0) is 14.1. The van der Waals surface area contributed by atoms with Gasteiger partial charge in [0.2, 0.25) is 0 Å². The van der Waals surface area contributed by atoms with E-state index in [0.717, 1.165) is 0 Å². The van der Waals surface area contributed by atoms with Crippen molar-refractivity contribution in [3.05, 3.63) is 41.7 Å². The van der Waals surface area contributed by atoms with Crippen molar-refractivity contribution in [3.63, 3.8) is 0 Å². The Kier molecular flexibility index (Phi) is 2.90. The Bertz CT molecular complexity index is 752. The molecule has 2 aromatic heterocycles. The van der Waals surface area contributed by atoms with Gasteiger partial charge in [0.15, 0.2) is 5.82 Å². The molecule has 102 valence electrons. The van der Waals surface area contributed by atoms with Crippen LogP contribution >= 0.6 is 0 Å². The second kappa shape index (κ2) is 4.72. The zero-order valence-electron chi connectivity index (χ0n) is 10.5. The van der Waals surface area contributed by atoms with Crippen LogP contribution < -0.4 is 0 Å². The van der Waals surface area contributed by atoms with Crippen molar-refractivity contribution in [2.75, 3.05) is 7.05 Å². The van der Waals surface area contributed by atoms with Crippen LogP contribution in [0.3, 0.4) is 0 Å². The van der Waals surface area contributed by atoms with Gasteiger partial charge in [-0.3, -0.25) is 4.79 Å². The van der Waals surface area contributed by atoms with Crippen LogP contribution in [0.1, 0.15) is 16.2 Å². The topological polar surface area (TPSA) is 87.9 Å². The smallest absolute Gasteiger partial charge is 0.257 e. The summed E-state index contributed by atoms with van der Waals surface area (Å²) in [6.45, 7) is 0.128. The molecule has 0 bridgehead atoms. The van der Waals surface area contributed by atoms with Gasteiger partial charge in [-0.2, -0.15) is 5.21 Å². The van der Waals surface area contributed by atoms with E-state index in [2.05, 4.69) is 20.6 Å². The molecular formula is C12H10FN5O2. The fourth-order valence-electron chi connectivity index (χ4n) is 1.96. The molecule has 3 aromatic rings. The summed E-state index contributed by atoms with van der Waals surface area (Å²) < 4.78 is 19.1. The van der Waals surface area contributed by atoms with Gasteiger partial charge in [-0.05, 0) is 18.2 Å². The van der Waals surface area contributed by atoms with Crippen LogP contribution in [0.4, 0.5) is 4.39 Å². The lowest BCUT2D eigenvalue weighted by atomic mass is 10.1. The van der Waals surface area contributed by atoms with Crippen molar-refractivity contribution in [1.82, 2.24) is 25.5 Å². The predicted octanol–water partition coefficient (Wildman–Crippen LogP) is 1.36. The van der Waals surface area contributed by atoms with Crippen molar-refractivity contribution in [2.45, 2.75) is 6.54 Å². The number of hydrogen-bond acceptors (Lipinski definition) is 5. The van der Waals surface area contributed by atoms with Crippen LogP contribution in [0.25, 0.3) is 11.0 Å². The lowest BCUT2D eigenvalue weighted by Crippen LogP contribution is -2.27. The number of aromatic nitrogens is 4. The van der Waals surface area contributed by atoms with Gasteiger partial charge in [0, 0.05) is 12.4 Å². The standard InChI is InChI=1S/C12H10FN5O2/c1-18(6-10-14-16-17-15-10)12(19)11-7-4-5-20-9(7)3-2-8(11)13/h2-5H,6H2,1H3,(H,14,15,16,17). The molecule has 0 aliphatic heterocycles. The monoisotopic (exact) mass is 275 g/mol. The summed E-state index contributed by atoms with van der Waals surface area (Å²) in [6, 6.07) is 4.26. The van der Waals surface area contributed by atoms with Crippen molar-refractivity contribution < 1.29 is 13.6 Å². The number of aromatic amines is 1. The molecule has 0 aliphatic rings. The fraction of sp³-hybridized carbons (Fsp3) is 0.167. The first-order chi connectivity index (χ1) is 9.66. The van der Waals surface area contributed by atoms with Crippen molar-refractivity contribution in [2.24, 2.45) is 0 Å². The van der Waals surface area contributed by atoms with E-state index in [4.69, 9.17) is 4.42 Å². The first-order valence-electron chi connectivity index (χ1n) is 5.80. The Morgan fingerprint density at radius 3 is 3.05 bits per heavy atom. The van der Waals surface area contributed by atoms with E-state index in [0.29, 0.717) is 16.8 Å². The molecule has 20 heavy (non-hydrogen) atoms. The van der Waals surface area contributed by atoms with Crippen LogP contribution in [-0.2, 0) is 6.54 Å². The Morgan fingerprint density at radius 2 is 2.30 bits per heavy atom. The molecule has 0 radical (unpaired) electrons. The summed E-state index contributed by atoms with van der Waals surface area (Å²) in [7, 11) is 1.54. The average molecular weight is 275 g/mol. The Labute approximate surface area is 112 Å². The number of nitrogens with zero attached hydrogens (tertiary/aromatic N) is 4. The van der Waals surface area contributed by atoms with Crippen LogP contribution in [0.5, 0.6) is 0 Å². The first-order valence-corrected chi connectivity index (χ1v) is 5.80. The summed E-state index contributed by atoms with van der Waals surface area (Å²) >= 11 is 0. The van der Waals surface area contributed by atoms with Gasteiger partial charge in [-0.15, -0.1) is 10.2 Å². The molecule has 0 unspecified atom stereocenters. The Hall–Kier alpha value is -2.77. The summed E-state index contributed by atoms with van der Waals surface area (Å²) in [5, 5.41) is 13.6. The molecule has 1 amide bonds. The number of halogens is 1. The van der Waals surface area contributed by atoms with E-state index in [1.165, 1.54) is 30.3 Å². The van der Waals surface area contributed by atoms with Crippen molar-refractivity contribution >= 4 is 16.9 Å². The van der Waals surface area contributed by atoms with Gasteiger partial charge in [0.25, 0.3) is 5.91 Å². The molecule has 3 rings (SSSR count). The normalized spacial score (nSPS) is 10.9. The molecule has 0 saturated heterocycles. The molecule has 1 aromatic carbocycles. The van der Waals surface area contributed by atoms with Crippen LogP contribution in [0.2, 0.25) is 0 Å². The molecule has 8 heteroatoms. The highest BCUT2D eigenvalue weighted by Gasteiger charge is 2.21. The number of amides is 1. The van der Waals surface area contributed by atoms with E-state index >= 15 is 0 Å². The van der Waals surface area contributed by atoms with Gasteiger partial charge in [-0.25, -0.2) is 4.39 Å². The average Bonchev–Trinajstić information content (AvgIpc) is 3.08. The van der Waals surface area contributed by atoms with Crippen LogP contribution in [0.15, 0.2) is 28.9 Å². The first kappa shape index (κ1) is 12.3. The quantitative estimate of drug-likeness (QED) is 0.779. The molecule has 0 spiro atoms. The molecule has 0 aliphatic carbocycles. The lowest BCUT2D eigenvalue weighted by Gasteiger charge is -2.15. The minimum atomic E-state index is -0.594. The Balaban J connectivity index is 1.95. The molecular weight excluding hydrogens is 265 g/mol. The maximum Gasteiger partial charge on any atom is 0.257 e. The number of furan rings is 1. The number of carbonyl (C=O) groups excluding carboxylic acids is 1. The summed E-state index contributed by atoms with van der Waals surface area (Å²) in [5.74, 6) is -0.719. The SMILES string of the molecule is CN(Cc1nn[nH]n1)C(=O)c1c(F)ccc2occc12. The highest BCUT2D eigenvalue weighted by atomic mass is 19.1. The number of tetrazole rings is 1. The van der Waals surface area contributed by atoms with E-state index in [1.807, 2.05) is 0 Å². The highest BCUT2D eigenvalue weighted by molar-refractivity contribution is 6.06. The zero-order valence-corrected chi connectivity index (χ0v) is 10.5. The van der Waals surface area contributed by atoms with E-state index in [9.17, 15) is 9.18 Å². The third-order valence-electron chi connectivity index (χ3n) is 2.91. The molecule has 7 nitrogen and oxygen atoms in total. The fourth-order valence-corrected chi connectivity index (χ4v) is 1.96. The van der Waals surface area contributed by atoms with Gasteiger partial charge in [-0.1, -0.05) is 5.21 Å². The second-order valence-corrected chi connectivity index (χ2v) is 4.24. The van der Waals surface area contributed by atoms with Crippen LogP contribution in [0, 0.1) is 5.82 Å². The largest absolute Gasteiger partial charge is 0.464 e. The number of hydrogen-bond donors (Lipinski definition) is 1. The number of benzene rings is 1. The predicted molar refractivity (Wildman–Crippen MR) is 66.1 cm³/mol. The maximum absolute atomic E-state index is 13.9. The molecule has 0 saturated carbocycles. The Morgan fingerprint density at radius 1 is 1.45 bits per heavy atom. The van der Waals surface area contributed by atoms with E-state index in [-0.39, 0.29) is 12.1 Å². The minimum absolute atomic E-state index is 0.0257. The molecule has 0 fully saturated rings. The third kappa shape index (κ3) is 2.00. The van der Waals surface area contributed by atoms with Gasteiger partial charge >= 0.3 is 0 Å². The molecule has 1 N–H and O–H groups in total. The minimum Gasteiger partial charge on any atom is -0.464 e. The van der Waals surface area contributed by atoms with E-state index < -0.39 is 11.7 Å². The lowest BCUT2D eigenvalue weighted by molar-refractivity contribution is 0.0779.